The molecule has 7 heteroatoms. The quantitative estimate of drug-likeness (QED) is 0.594. The van der Waals surface area contributed by atoms with E-state index in [1.807, 2.05) is 0 Å². The van der Waals surface area contributed by atoms with Crippen molar-refractivity contribution in [1.29, 1.82) is 0 Å². The van der Waals surface area contributed by atoms with Crippen LogP contribution in [0.15, 0.2) is 18.2 Å². The molecule has 24 heavy (non-hydrogen) atoms. The van der Waals surface area contributed by atoms with Gasteiger partial charge in [0.2, 0.25) is 0 Å². The second-order valence-electron chi connectivity index (χ2n) is 5.95. The lowest BCUT2D eigenvalue weighted by Crippen LogP contribution is -2.46. The Morgan fingerprint density at radius 1 is 1.29 bits per heavy atom. The maximum absolute atomic E-state index is 12.3. The van der Waals surface area contributed by atoms with Crippen molar-refractivity contribution < 1.29 is 19.1 Å². The molecule has 0 aromatic heterocycles. The minimum atomic E-state index is -0.606. The van der Waals surface area contributed by atoms with Crippen molar-refractivity contribution in [2.45, 2.75) is 12.3 Å². The van der Waals surface area contributed by atoms with Crippen molar-refractivity contribution in [3.63, 3.8) is 0 Å². The summed E-state index contributed by atoms with van der Waals surface area (Å²) in [5.41, 5.74) is 1.13. The molecule has 0 spiro atoms. The number of carbonyl (C=O) groups excluding carboxylic acids is 2. The van der Waals surface area contributed by atoms with E-state index in [-0.39, 0.29) is 18.3 Å². The van der Waals surface area contributed by atoms with Gasteiger partial charge in [-0.05, 0) is 25.1 Å². The zero-order chi connectivity index (χ0) is 17.1. The van der Waals surface area contributed by atoms with E-state index in [0.29, 0.717) is 23.5 Å². The number of ketones is 1. The Bertz CT molecular complexity index is 629. The van der Waals surface area contributed by atoms with Crippen LogP contribution in [0, 0.1) is 0 Å². The number of morpholine rings is 1. The van der Waals surface area contributed by atoms with Gasteiger partial charge in [-0.2, -0.15) is 0 Å². The highest BCUT2D eigenvalue weighted by molar-refractivity contribution is 6.33. The third kappa shape index (κ3) is 3.71. The van der Waals surface area contributed by atoms with Crippen LogP contribution in [0.25, 0.3) is 0 Å². The molecule has 0 saturated carbocycles. The number of anilines is 1. The molecule has 0 bridgehead atoms. The fourth-order valence-electron chi connectivity index (χ4n) is 2.90. The van der Waals surface area contributed by atoms with Crippen LogP contribution < -0.4 is 9.64 Å². The molecule has 2 heterocycles. The summed E-state index contributed by atoms with van der Waals surface area (Å²) in [6.07, 6.45) is 0. The number of nitrogens with zero attached hydrogens (tertiary/aromatic N) is 2. The van der Waals surface area contributed by atoms with Crippen molar-refractivity contribution in [3.05, 3.63) is 23.8 Å². The van der Waals surface area contributed by atoms with E-state index >= 15 is 0 Å². The van der Waals surface area contributed by atoms with Gasteiger partial charge in [0.05, 0.1) is 24.3 Å². The molecule has 0 aliphatic carbocycles. The Morgan fingerprint density at radius 3 is 2.75 bits per heavy atom. The van der Waals surface area contributed by atoms with E-state index in [4.69, 9.17) is 21.1 Å². The number of rotatable bonds is 5. The fourth-order valence-corrected chi connectivity index (χ4v) is 3.02. The average molecular weight is 353 g/mol. The fraction of sp³-hybridized carbons (Fsp3) is 0.529. The second kappa shape index (κ2) is 7.51. The lowest BCUT2D eigenvalue weighted by atomic mass is 10.1. The highest BCUT2D eigenvalue weighted by Gasteiger charge is 2.27. The topological polar surface area (TPSA) is 59.1 Å². The minimum Gasteiger partial charge on any atom is -0.482 e. The summed E-state index contributed by atoms with van der Waals surface area (Å²) >= 11 is 5.89. The lowest BCUT2D eigenvalue weighted by molar-refractivity contribution is -0.121. The zero-order valence-corrected chi connectivity index (χ0v) is 14.4. The van der Waals surface area contributed by atoms with Crippen molar-refractivity contribution in [3.8, 4) is 5.75 Å². The zero-order valence-electron chi connectivity index (χ0n) is 13.7. The van der Waals surface area contributed by atoms with Crippen molar-refractivity contribution in [2.75, 3.05) is 50.9 Å². The highest BCUT2D eigenvalue weighted by Crippen LogP contribution is 2.33. The van der Waals surface area contributed by atoms with Gasteiger partial charge in [-0.3, -0.25) is 14.5 Å². The smallest absolute Gasteiger partial charge is 0.265 e. The van der Waals surface area contributed by atoms with Crippen LogP contribution in [0.5, 0.6) is 5.75 Å². The van der Waals surface area contributed by atoms with E-state index in [9.17, 15) is 9.59 Å². The largest absolute Gasteiger partial charge is 0.482 e. The first-order valence-corrected chi connectivity index (χ1v) is 8.55. The molecule has 1 aromatic rings. The molecule has 3 rings (SSSR count). The average Bonchev–Trinajstić information content (AvgIpc) is 2.60. The maximum Gasteiger partial charge on any atom is 0.265 e. The summed E-state index contributed by atoms with van der Waals surface area (Å²) < 4.78 is 10.8. The molecule has 1 amide bonds. The second-order valence-corrected chi connectivity index (χ2v) is 6.61. The van der Waals surface area contributed by atoms with Crippen molar-refractivity contribution in [2.24, 2.45) is 0 Å². The van der Waals surface area contributed by atoms with Gasteiger partial charge in [0, 0.05) is 31.7 Å². The predicted molar refractivity (Wildman–Crippen MR) is 91.2 cm³/mol. The molecular formula is C17H21ClN2O4. The van der Waals surface area contributed by atoms with E-state index in [1.165, 1.54) is 0 Å². The SMILES string of the molecule is CC(Cl)C(=O)c1ccc2c(c1)N(CCN1CCOCC1)C(=O)CO2. The van der Waals surface area contributed by atoms with Crippen LogP contribution in [-0.2, 0) is 9.53 Å². The van der Waals surface area contributed by atoms with Gasteiger partial charge in [-0.25, -0.2) is 0 Å². The van der Waals surface area contributed by atoms with Gasteiger partial charge < -0.3 is 14.4 Å². The lowest BCUT2D eigenvalue weighted by Gasteiger charge is -2.33. The Labute approximate surface area is 146 Å². The van der Waals surface area contributed by atoms with Gasteiger partial charge in [-0.1, -0.05) is 0 Å². The van der Waals surface area contributed by atoms with Gasteiger partial charge in [0.15, 0.2) is 12.4 Å². The van der Waals surface area contributed by atoms with Crippen LogP contribution in [-0.4, -0.2) is 68.0 Å². The molecular weight excluding hydrogens is 332 g/mol. The van der Waals surface area contributed by atoms with Crippen LogP contribution in [0.4, 0.5) is 5.69 Å². The number of benzene rings is 1. The first kappa shape index (κ1) is 17.2. The number of ether oxygens (including phenoxy) is 2. The van der Waals surface area contributed by atoms with Crippen molar-refractivity contribution in [1.82, 2.24) is 4.90 Å². The third-order valence-corrected chi connectivity index (χ3v) is 4.49. The summed E-state index contributed by atoms with van der Waals surface area (Å²) in [4.78, 5) is 28.4. The molecule has 1 atom stereocenters. The van der Waals surface area contributed by atoms with Crippen LogP contribution in [0.1, 0.15) is 17.3 Å². The predicted octanol–water partition coefficient (Wildman–Crippen LogP) is 1.55. The Morgan fingerprint density at radius 2 is 2.04 bits per heavy atom. The Kier molecular flexibility index (Phi) is 5.38. The van der Waals surface area contributed by atoms with Crippen molar-refractivity contribution >= 4 is 29.0 Å². The number of hydrogen-bond donors (Lipinski definition) is 0. The minimum absolute atomic E-state index is 0.0231. The van der Waals surface area contributed by atoms with Gasteiger partial charge in [-0.15, -0.1) is 11.6 Å². The van der Waals surface area contributed by atoms with Gasteiger partial charge >= 0.3 is 0 Å². The highest BCUT2D eigenvalue weighted by atomic mass is 35.5. The summed E-state index contributed by atoms with van der Waals surface area (Å²) in [6, 6.07) is 5.12. The Hall–Kier alpha value is -1.63. The summed E-state index contributed by atoms with van der Waals surface area (Å²) in [7, 11) is 0. The number of amides is 1. The van der Waals surface area contributed by atoms with Crippen LogP contribution >= 0.6 is 11.6 Å². The summed E-state index contributed by atoms with van der Waals surface area (Å²) in [6.45, 7) is 6.17. The number of alkyl halides is 1. The standard InChI is InChI=1S/C17H21ClN2O4/c1-12(18)17(22)13-2-3-15-14(10-13)20(16(21)11-24-15)5-4-19-6-8-23-9-7-19/h2-3,10,12H,4-9,11H2,1H3. The first-order valence-electron chi connectivity index (χ1n) is 8.12. The molecule has 6 nitrogen and oxygen atoms in total. The van der Waals surface area contributed by atoms with E-state index in [0.717, 1.165) is 32.8 Å². The van der Waals surface area contributed by atoms with Crippen LogP contribution in [0.3, 0.4) is 0 Å². The van der Waals surface area contributed by atoms with E-state index in [1.54, 1.807) is 30.0 Å². The first-order chi connectivity index (χ1) is 11.6. The maximum atomic E-state index is 12.3. The third-order valence-electron chi connectivity index (χ3n) is 4.29. The molecule has 130 valence electrons. The monoisotopic (exact) mass is 352 g/mol. The molecule has 2 aliphatic rings. The van der Waals surface area contributed by atoms with Crippen LogP contribution in [0.2, 0.25) is 0 Å². The van der Waals surface area contributed by atoms with E-state index in [2.05, 4.69) is 4.90 Å². The number of carbonyl (C=O) groups is 2. The summed E-state index contributed by atoms with van der Waals surface area (Å²) in [5.74, 6) is 0.361. The number of Topliss-reactive ketones (excluding diaryl/α,β-unsaturated/α-hetero) is 1. The summed E-state index contributed by atoms with van der Waals surface area (Å²) in [5, 5.41) is -0.606. The molecule has 1 fully saturated rings. The van der Waals surface area contributed by atoms with Gasteiger partial charge in [0.25, 0.3) is 5.91 Å². The number of halogens is 1. The molecule has 1 aromatic carbocycles. The molecule has 1 unspecified atom stereocenters. The van der Waals surface area contributed by atoms with Gasteiger partial charge in [0.1, 0.15) is 5.75 Å². The Balaban J connectivity index is 1.78. The molecule has 0 N–H and O–H groups in total. The van der Waals surface area contributed by atoms with E-state index < -0.39 is 5.38 Å². The number of hydrogen-bond acceptors (Lipinski definition) is 5. The normalized spacial score (nSPS) is 19.6. The molecule has 0 radical (unpaired) electrons. The molecule has 1 saturated heterocycles. The molecule has 2 aliphatic heterocycles. The number of fused-ring (bicyclic) bond motifs is 1.